The normalized spacial score (nSPS) is 14.4. The molecule has 4 aromatic rings. The fraction of sp³-hybridized carbons (Fsp3) is 0.308. The van der Waals surface area contributed by atoms with Gasteiger partial charge in [0.2, 0.25) is 10.0 Å². The fourth-order valence-corrected chi connectivity index (χ4v) is 5.67. The van der Waals surface area contributed by atoms with Crippen molar-refractivity contribution in [1.82, 2.24) is 29.4 Å². The molecule has 0 bridgehead atoms. The van der Waals surface area contributed by atoms with Gasteiger partial charge in [0.25, 0.3) is 5.91 Å². The third-order valence-electron chi connectivity index (χ3n) is 6.32. The largest absolute Gasteiger partial charge is 0.379 e. The number of morpholine rings is 1. The predicted octanol–water partition coefficient (Wildman–Crippen LogP) is 1.93. The molecule has 12 heteroatoms. The van der Waals surface area contributed by atoms with E-state index in [0.717, 1.165) is 18.4 Å². The van der Waals surface area contributed by atoms with E-state index in [0.29, 0.717) is 56.4 Å². The molecule has 0 atom stereocenters. The molecule has 1 fully saturated rings. The van der Waals surface area contributed by atoms with Gasteiger partial charge in [0.05, 0.1) is 36.2 Å². The monoisotopic (exact) mass is 535 g/mol. The molecule has 1 aliphatic rings. The molecule has 1 aliphatic heterocycles. The highest BCUT2D eigenvalue weighted by Gasteiger charge is 2.26. The van der Waals surface area contributed by atoms with Crippen molar-refractivity contribution in [2.75, 3.05) is 44.7 Å². The van der Waals surface area contributed by atoms with E-state index < -0.39 is 10.0 Å². The SMILES string of the molecule is O=C(NCCn1ncc2c(NCCc3ccccc3)ncnc21)c1ccc(S(=O)(=O)N2CCOCC2)cc1. The molecule has 0 spiro atoms. The molecule has 0 aliphatic carbocycles. The fourth-order valence-electron chi connectivity index (χ4n) is 4.26. The van der Waals surface area contributed by atoms with Gasteiger partial charge in [-0.2, -0.15) is 9.40 Å². The smallest absolute Gasteiger partial charge is 0.251 e. The van der Waals surface area contributed by atoms with Crippen LogP contribution >= 0.6 is 0 Å². The topological polar surface area (TPSA) is 131 Å². The number of nitrogens with one attached hydrogen (secondary N) is 2. The zero-order valence-corrected chi connectivity index (χ0v) is 21.6. The highest BCUT2D eigenvalue weighted by Crippen LogP contribution is 2.19. The van der Waals surface area contributed by atoms with Crippen LogP contribution in [0.2, 0.25) is 0 Å². The van der Waals surface area contributed by atoms with Gasteiger partial charge in [-0.05, 0) is 36.2 Å². The van der Waals surface area contributed by atoms with Crippen molar-refractivity contribution in [2.45, 2.75) is 17.9 Å². The number of fused-ring (bicyclic) bond motifs is 1. The van der Waals surface area contributed by atoms with Crippen molar-refractivity contribution in [2.24, 2.45) is 0 Å². The van der Waals surface area contributed by atoms with Gasteiger partial charge < -0.3 is 15.4 Å². The summed E-state index contributed by atoms with van der Waals surface area (Å²) in [7, 11) is -3.60. The van der Waals surface area contributed by atoms with Crippen LogP contribution in [-0.2, 0) is 27.7 Å². The van der Waals surface area contributed by atoms with Crippen molar-refractivity contribution < 1.29 is 17.9 Å². The molecule has 5 rings (SSSR count). The first-order valence-electron chi connectivity index (χ1n) is 12.4. The standard InChI is InChI=1S/C26H29N7O4S/c34-26(21-6-8-22(9-7-21)38(35,36)32-14-16-37-17-15-32)28-12-13-33-25-23(18-31-33)24(29-19-30-25)27-11-10-20-4-2-1-3-5-20/h1-9,18-19H,10-17H2,(H,28,34)(H,27,29,30). The number of hydrogen-bond acceptors (Lipinski definition) is 8. The lowest BCUT2D eigenvalue weighted by Gasteiger charge is -2.26. The van der Waals surface area contributed by atoms with Crippen LogP contribution in [0.15, 0.2) is 72.0 Å². The molecular weight excluding hydrogens is 506 g/mol. The Labute approximate surface area is 220 Å². The molecule has 1 saturated heterocycles. The van der Waals surface area contributed by atoms with Gasteiger partial charge in [-0.15, -0.1) is 0 Å². The van der Waals surface area contributed by atoms with Crippen molar-refractivity contribution in [3.8, 4) is 0 Å². The summed E-state index contributed by atoms with van der Waals surface area (Å²) in [6, 6.07) is 16.2. The van der Waals surface area contributed by atoms with Gasteiger partial charge >= 0.3 is 0 Å². The molecule has 198 valence electrons. The highest BCUT2D eigenvalue weighted by molar-refractivity contribution is 7.89. The van der Waals surface area contributed by atoms with Crippen LogP contribution in [0.5, 0.6) is 0 Å². The van der Waals surface area contributed by atoms with Crippen LogP contribution in [0, 0.1) is 0 Å². The number of carbonyl (C=O) groups is 1. The van der Waals surface area contributed by atoms with E-state index in [1.807, 2.05) is 18.2 Å². The van der Waals surface area contributed by atoms with Crippen LogP contribution in [0.1, 0.15) is 15.9 Å². The van der Waals surface area contributed by atoms with Crippen LogP contribution in [-0.4, -0.2) is 77.8 Å². The summed E-state index contributed by atoms with van der Waals surface area (Å²) < 4.78 is 33.9. The number of aromatic nitrogens is 4. The quantitative estimate of drug-likeness (QED) is 0.315. The minimum absolute atomic E-state index is 0.159. The maximum Gasteiger partial charge on any atom is 0.251 e. The van der Waals surface area contributed by atoms with Crippen molar-refractivity contribution >= 4 is 32.8 Å². The molecule has 0 radical (unpaired) electrons. The van der Waals surface area contributed by atoms with E-state index in [-0.39, 0.29) is 10.8 Å². The Kier molecular flexibility index (Phi) is 7.91. The second-order valence-electron chi connectivity index (χ2n) is 8.79. The zero-order valence-electron chi connectivity index (χ0n) is 20.8. The Morgan fingerprint density at radius 2 is 1.74 bits per heavy atom. The molecule has 0 unspecified atom stereocenters. The lowest BCUT2D eigenvalue weighted by Crippen LogP contribution is -2.40. The van der Waals surface area contributed by atoms with Crippen LogP contribution in [0.3, 0.4) is 0 Å². The summed E-state index contributed by atoms with van der Waals surface area (Å²) >= 11 is 0. The Morgan fingerprint density at radius 1 is 0.974 bits per heavy atom. The predicted molar refractivity (Wildman–Crippen MR) is 142 cm³/mol. The summed E-state index contributed by atoms with van der Waals surface area (Å²) in [4.78, 5) is 21.5. The van der Waals surface area contributed by atoms with E-state index in [4.69, 9.17) is 4.74 Å². The van der Waals surface area contributed by atoms with E-state index in [1.54, 1.807) is 10.9 Å². The highest BCUT2D eigenvalue weighted by atomic mass is 32.2. The zero-order chi connectivity index (χ0) is 26.4. The molecule has 1 amide bonds. The second kappa shape index (κ2) is 11.7. The first-order valence-corrected chi connectivity index (χ1v) is 13.9. The molecule has 2 aromatic heterocycles. The average molecular weight is 536 g/mol. The third-order valence-corrected chi connectivity index (χ3v) is 8.23. The Morgan fingerprint density at radius 3 is 2.50 bits per heavy atom. The van der Waals surface area contributed by atoms with Gasteiger partial charge in [0, 0.05) is 31.7 Å². The van der Waals surface area contributed by atoms with Gasteiger partial charge in [0.1, 0.15) is 12.1 Å². The Balaban J connectivity index is 1.15. The number of ether oxygens (including phenoxy) is 1. The van der Waals surface area contributed by atoms with E-state index in [1.165, 1.54) is 40.5 Å². The van der Waals surface area contributed by atoms with Crippen LogP contribution in [0.4, 0.5) is 5.82 Å². The number of sulfonamides is 1. The number of hydrogen-bond donors (Lipinski definition) is 2. The van der Waals surface area contributed by atoms with Crippen molar-refractivity contribution in [3.63, 3.8) is 0 Å². The minimum Gasteiger partial charge on any atom is -0.379 e. The molecule has 2 aromatic carbocycles. The first kappa shape index (κ1) is 25.8. The van der Waals surface area contributed by atoms with Crippen LogP contribution < -0.4 is 10.6 Å². The number of rotatable bonds is 10. The number of carbonyl (C=O) groups excluding carboxylic acids is 1. The summed E-state index contributed by atoms with van der Waals surface area (Å²) in [5, 5.41) is 11.4. The summed E-state index contributed by atoms with van der Waals surface area (Å²) in [6.07, 6.45) is 4.08. The maximum absolute atomic E-state index is 12.8. The van der Waals surface area contributed by atoms with E-state index in [9.17, 15) is 13.2 Å². The summed E-state index contributed by atoms with van der Waals surface area (Å²) in [5.41, 5.74) is 2.29. The minimum atomic E-state index is -3.60. The first-order chi connectivity index (χ1) is 18.5. The van der Waals surface area contributed by atoms with Gasteiger partial charge in [-0.25, -0.2) is 23.1 Å². The second-order valence-corrected chi connectivity index (χ2v) is 10.7. The number of anilines is 1. The molecule has 2 N–H and O–H groups in total. The maximum atomic E-state index is 12.8. The van der Waals surface area contributed by atoms with Gasteiger partial charge in [0.15, 0.2) is 5.65 Å². The third kappa shape index (κ3) is 5.82. The molecule has 0 saturated carbocycles. The van der Waals surface area contributed by atoms with E-state index in [2.05, 4.69) is 37.8 Å². The van der Waals surface area contributed by atoms with Crippen LogP contribution in [0.25, 0.3) is 11.0 Å². The summed E-state index contributed by atoms with van der Waals surface area (Å²) in [6.45, 7) is 2.87. The van der Waals surface area contributed by atoms with E-state index >= 15 is 0 Å². The lowest BCUT2D eigenvalue weighted by molar-refractivity contribution is 0.0730. The van der Waals surface area contributed by atoms with Gasteiger partial charge in [-0.1, -0.05) is 30.3 Å². The Bertz CT molecular complexity index is 1490. The molecule has 3 heterocycles. The van der Waals surface area contributed by atoms with Crippen molar-refractivity contribution in [1.29, 1.82) is 0 Å². The lowest BCUT2D eigenvalue weighted by atomic mass is 10.1. The Hall–Kier alpha value is -3.87. The summed E-state index contributed by atoms with van der Waals surface area (Å²) in [5.74, 6) is 0.419. The van der Waals surface area contributed by atoms with Crippen molar-refractivity contribution in [3.05, 3.63) is 78.2 Å². The van der Waals surface area contributed by atoms with Gasteiger partial charge in [-0.3, -0.25) is 4.79 Å². The number of benzene rings is 2. The molecule has 38 heavy (non-hydrogen) atoms. The molecular formula is C26H29N7O4S. The number of nitrogens with zero attached hydrogens (tertiary/aromatic N) is 5. The molecule has 11 nitrogen and oxygen atoms in total. The average Bonchev–Trinajstić information content (AvgIpc) is 3.38. The number of amides is 1.